The quantitative estimate of drug-likeness (QED) is 0.657. The topological polar surface area (TPSA) is 9.23 Å². The van der Waals surface area contributed by atoms with Crippen LogP contribution in [0.15, 0.2) is 60.7 Å². The van der Waals surface area contributed by atoms with E-state index in [2.05, 4.69) is 64.5 Å². The van der Waals surface area contributed by atoms with E-state index in [0.29, 0.717) is 4.83 Å². The van der Waals surface area contributed by atoms with Crippen LogP contribution in [-0.2, 0) is 4.74 Å². The first-order chi connectivity index (χ1) is 9.31. The highest BCUT2D eigenvalue weighted by atomic mass is 79.9. The van der Waals surface area contributed by atoms with Crippen LogP contribution in [0.25, 0.3) is 0 Å². The molecular formula is C17H19BrO. The average molecular weight is 319 g/mol. The predicted molar refractivity (Wildman–Crippen MR) is 83.5 cm³/mol. The number of rotatable bonds is 6. The van der Waals surface area contributed by atoms with Crippen LogP contribution < -0.4 is 0 Å². The lowest BCUT2D eigenvalue weighted by atomic mass is 10.0. The first-order valence-corrected chi connectivity index (χ1v) is 7.58. The van der Waals surface area contributed by atoms with Crippen LogP contribution in [0.5, 0.6) is 0 Å². The summed E-state index contributed by atoms with van der Waals surface area (Å²) >= 11 is 3.77. The van der Waals surface area contributed by atoms with Crippen molar-refractivity contribution in [2.45, 2.75) is 24.3 Å². The van der Waals surface area contributed by atoms with Gasteiger partial charge in [0, 0.05) is 11.4 Å². The van der Waals surface area contributed by atoms with Crippen LogP contribution in [0.2, 0.25) is 0 Å². The van der Waals surface area contributed by atoms with Gasteiger partial charge in [-0.15, -0.1) is 0 Å². The minimum atomic E-state index is 0.135. The van der Waals surface area contributed by atoms with Gasteiger partial charge in [0.15, 0.2) is 0 Å². The number of hydrogen-bond acceptors (Lipinski definition) is 1. The summed E-state index contributed by atoms with van der Waals surface area (Å²) in [4.78, 5) is 0.311. The lowest BCUT2D eigenvalue weighted by molar-refractivity contribution is 0.0562. The molecule has 19 heavy (non-hydrogen) atoms. The fourth-order valence-electron chi connectivity index (χ4n) is 2.16. The van der Waals surface area contributed by atoms with Crippen LogP contribution in [0.4, 0.5) is 0 Å². The summed E-state index contributed by atoms with van der Waals surface area (Å²) < 4.78 is 5.89. The van der Waals surface area contributed by atoms with Crippen LogP contribution in [0.1, 0.15) is 35.4 Å². The van der Waals surface area contributed by atoms with Crippen molar-refractivity contribution in [3.63, 3.8) is 0 Å². The first kappa shape index (κ1) is 14.3. The summed E-state index contributed by atoms with van der Waals surface area (Å²) in [7, 11) is 0. The maximum atomic E-state index is 5.89. The Balaban J connectivity index is 2.09. The van der Waals surface area contributed by atoms with E-state index in [4.69, 9.17) is 4.74 Å². The highest BCUT2D eigenvalue weighted by Crippen LogP contribution is 2.34. The van der Waals surface area contributed by atoms with Crippen LogP contribution in [-0.4, -0.2) is 6.61 Å². The highest BCUT2D eigenvalue weighted by molar-refractivity contribution is 9.09. The summed E-state index contributed by atoms with van der Waals surface area (Å²) in [6.45, 7) is 2.77. The number of benzene rings is 2. The van der Waals surface area contributed by atoms with Gasteiger partial charge in [-0.25, -0.2) is 0 Å². The molecule has 0 aliphatic rings. The van der Waals surface area contributed by atoms with Crippen molar-refractivity contribution >= 4 is 15.9 Å². The minimum absolute atomic E-state index is 0.135. The Morgan fingerprint density at radius 3 is 1.95 bits per heavy atom. The molecule has 0 saturated carbocycles. The normalized spacial score (nSPS) is 14.0. The molecule has 0 aromatic heterocycles. The number of ether oxygens (including phenoxy) is 1. The van der Waals surface area contributed by atoms with Gasteiger partial charge >= 0.3 is 0 Å². The monoisotopic (exact) mass is 318 g/mol. The van der Waals surface area contributed by atoms with Crippen molar-refractivity contribution in [3.8, 4) is 0 Å². The molecule has 0 N–H and O–H groups in total. The maximum absolute atomic E-state index is 5.89. The number of halogens is 1. The third-order valence-electron chi connectivity index (χ3n) is 3.12. The van der Waals surface area contributed by atoms with Crippen molar-refractivity contribution in [1.29, 1.82) is 0 Å². The molecule has 0 saturated heterocycles. The molecule has 0 radical (unpaired) electrons. The molecule has 1 nitrogen and oxygen atoms in total. The summed E-state index contributed by atoms with van der Waals surface area (Å²) in [5, 5.41) is 0. The molecule has 2 heteroatoms. The van der Waals surface area contributed by atoms with E-state index in [0.717, 1.165) is 13.0 Å². The lowest BCUT2D eigenvalue weighted by Crippen LogP contribution is -2.07. The third kappa shape index (κ3) is 4.19. The van der Waals surface area contributed by atoms with E-state index in [-0.39, 0.29) is 6.10 Å². The second-order valence-corrected chi connectivity index (χ2v) is 5.57. The predicted octanol–water partition coefficient (Wildman–Crippen LogP) is 5.29. The van der Waals surface area contributed by atoms with Gasteiger partial charge < -0.3 is 4.74 Å². The van der Waals surface area contributed by atoms with Gasteiger partial charge in [-0.2, -0.15) is 0 Å². The van der Waals surface area contributed by atoms with Crippen LogP contribution in [0.3, 0.4) is 0 Å². The van der Waals surface area contributed by atoms with Crippen LogP contribution in [0, 0.1) is 0 Å². The van der Waals surface area contributed by atoms with E-state index in [1.165, 1.54) is 11.1 Å². The molecule has 0 amide bonds. The van der Waals surface area contributed by atoms with Gasteiger partial charge in [0.05, 0.1) is 6.10 Å². The molecule has 0 spiro atoms. The molecule has 0 heterocycles. The van der Waals surface area contributed by atoms with E-state index < -0.39 is 0 Å². The van der Waals surface area contributed by atoms with Gasteiger partial charge in [0.2, 0.25) is 0 Å². The number of alkyl halides is 1. The molecule has 0 aliphatic carbocycles. The first-order valence-electron chi connectivity index (χ1n) is 6.66. The van der Waals surface area contributed by atoms with Crippen LogP contribution >= 0.6 is 15.9 Å². The second kappa shape index (κ2) is 7.46. The molecule has 0 aliphatic heterocycles. The lowest BCUT2D eigenvalue weighted by Gasteiger charge is -2.21. The highest BCUT2D eigenvalue weighted by Gasteiger charge is 2.17. The van der Waals surface area contributed by atoms with Gasteiger partial charge in [-0.05, 0) is 24.5 Å². The largest absolute Gasteiger partial charge is 0.374 e. The van der Waals surface area contributed by atoms with Crippen molar-refractivity contribution in [1.82, 2.24) is 0 Å². The molecule has 2 aromatic carbocycles. The van der Waals surface area contributed by atoms with Gasteiger partial charge in [0.25, 0.3) is 0 Å². The van der Waals surface area contributed by atoms with Crippen molar-refractivity contribution in [2.75, 3.05) is 6.61 Å². The summed E-state index contributed by atoms with van der Waals surface area (Å²) in [6.07, 6.45) is 1.07. The fourth-order valence-corrected chi connectivity index (χ4v) is 2.80. The van der Waals surface area contributed by atoms with Crippen molar-refractivity contribution in [3.05, 3.63) is 71.8 Å². The third-order valence-corrected chi connectivity index (χ3v) is 4.02. The Morgan fingerprint density at radius 2 is 1.42 bits per heavy atom. The smallest absolute Gasteiger partial charge is 0.0838 e. The molecule has 100 valence electrons. The number of hydrogen-bond donors (Lipinski definition) is 0. The van der Waals surface area contributed by atoms with E-state index in [1.54, 1.807) is 0 Å². The Kier molecular flexibility index (Phi) is 5.62. The Labute approximate surface area is 123 Å². The SMILES string of the molecule is CCOC(CC(Br)c1ccccc1)c1ccccc1. The van der Waals surface area contributed by atoms with E-state index in [9.17, 15) is 0 Å². The van der Waals surface area contributed by atoms with Crippen molar-refractivity contribution in [2.24, 2.45) is 0 Å². The molecule has 0 bridgehead atoms. The fraction of sp³-hybridized carbons (Fsp3) is 0.294. The molecule has 2 aromatic rings. The molecule has 0 fully saturated rings. The Bertz CT molecular complexity index is 469. The van der Waals surface area contributed by atoms with E-state index in [1.807, 2.05) is 19.1 Å². The summed E-state index contributed by atoms with van der Waals surface area (Å²) in [6, 6.07) is 20.9. The molecule has 2 unspecified atom stereocenters. The van der Waals surface area contributed by atoms with Crippen molar-refractivity contribution < 1.29 is 4.74 Å². The molecule has 2 rings (SSSR count). The van der Waals surface area contributed by atoms with E-state index >= 15 is 0 Å². The Hall–Kier alpha value is -1.12. The summed E-state index contributed by atoms with van der Waals surface area (Å²) in [5.41, 5.74) is 2.54. The second-order valence-electron chi connectivity index (χ2n) is 4.47. The van der Waals surface area contributed by atoms with Gasteiger partial charge in [-0.3, -0.25) is 0 Å². The zero-order chi connectivity index (χ0) is 13.5. The maximum Gasteiger partial charge on any atom is 0.0838 e. The standard InChI is InChI=1S/C17H19BrO/c1-2-19-17(15-11-7-4-8-12-15)13-16(18)14-9-5-3-6-10-14/h3-12,16-17H,2,13H2,1H3. The van der Waals surface area contributed by atoms with Gasteiger partial charge in [0.1, 0.15) is 0 Å². The average Bonchev–Trinajstić information content (AvgIpc) is 2.48. The zero-order valence-electron chi connectivity index (χ0n) is 11.1. The van der Waals surface area contributed by atoms with Gasteiger partial charge in [-0.1, -0.05) is 76.6 Å². The zero-order valence-corrected chi connectivity index (χ0v) is 12.7. The molecular weight excluding hydrogens is 300 g/mol. The molecule has 2 atom stereocenters. The minimum Gasteiger partial charge on any atom is -0.374 e. The Morgan fingerprint density at radius 1 is 0.895 bits per heavy atom. The summed E-state index contributed by atoms with van der Waals surface area (Å²) in [5.74, 6) is 0.